The highest BCUT2D eigenvalue weighted by atomic mass is 79.9. The van der Waals surface area contributed by atoms with E-state index in [1.165, 1.54) is 5.56 Å². The van der Waals surface area contributed by atoms with Crippen LogP contribution in [-0.4, -0.2) is 20.2 Å². The summed E-state index contributed by atoms with van der Waals surface area (Å²) in [6, 6.07) is 1.91. The van der Waals surface area contributed by atoms with Crippen molar-refractivity contribution >= 4 is 42.8 Å². The summed E-state index contributed by atoms with van der Waals surface area (Å²) in [6.07, 6.45) is 3.91. The molecule has 0 aliphatic carbocycles. The molecule has 0 radical (unpaired) electrons. The lowest BCUT2D eigenvalue weighted by atomic mass is 10.1. The number of benzene rings is 1. The number of nitrogens with one attached hydrogen (secondary N) is 1. The standard InChI is InChI=1S/C14H17Br2NO2/c1-3-5-17-6-4-9-8-19-14-10(15)7-11(18-2)13(16)12(9)14/h7-8,17H,3-6H2,1-2H3. The van der Waals surface area contributed by atoms with Crippen molar-refractivity contribution < 1.29 is 9.15 Å². The number of fused-ring (bicyclic) bond motifs is 1. The number of methoxy groups -OCH3 is 1. The second kappa shape index (κ2) is 6.77. The summed E-state index contributed by atoms with van der Waals surface area (Å²) in [6.45, 7) is 4.16. The van der Waals surface area contributed by atoms with Crippen LogP contribution in [0.4, 0.5) is 0 Å². The quantitative estimate of drug-likeness (QED) is 0.737. The smallest absolute Gasteiger partial charge is 0.149 e. The van der Waals surface area contributed by atoms with Gasteiger partial charge in [0, 0.05) is 10.9 Å². The van der Waals surface area contributed by atoms with Crippen LogP contribution in [0.25, 0.3) is 11.0 Å². The number of hydrogen-bond donors (Lipinski definition) is 1. The summed E-state index contributed by atoms with van der Waals surface area (Å²) in [5.74, 6) is 0.809. The first-order valence-corrected chi connectivity index (χ1v) is 7.90. The van der Waals surface area contributed by atoms with Gasteiger partial charge in [0.2, 0.25) is 0 Å². The zero-order valence-corrected chi connectivity index (χ0v) is 14.2. The van der Waals surface area contributed by atoms with Crippen LogP contribution in [0, 0.1) is 0 Å². The molecule has 0 saturated heterocycles. The van der Waals surface area contributed by atoms with Crippen LogP contribution in [0.15, 0.2) is 25.7 Å². The summed E-state index contributed by atoms with van der Waals surface area (Å²) >= 11 is 7.12. The average Bonchev–Trinajstić information content (AvgIpc) is 2.83. The van der Waals surface area contributed by atoms with E-state index in [1.807, 2.05) is 12.3 Å². The van der Waals surface area contributed by atoms with Gasteiger partial charge in [-0.25, -0.2) is 0 Å². The molecule has 0 spiro atoms. The van der Waals surface area contributed by atoms with Gasteiger partial charge < -0.3 is 14.5 Å². The molecule has 2 aromatic rings. The van der Waals surface area contributed by atoms with Gasteiger partial charge in [-0.3, -0.25) is 0 Å². The minimum Gasteiger partial charge on any atom is -0.496 e. The van der Waals surface area contributed by atoms with Crippen LogP contribution in [0.3, 0.4) is 0 Å². The Morgan fingerprint density at radius 3 is 2.79 bits per heavy atom. The molecule has 104 valence electrons. The van der Waals surface area contributed by atoms with Crippen molar-refractivity contribution in [2.75, 3.05) is 20.2 Å². The van der Waals surface area contributed by atoms with Crippen molar-refractivity contribution in [3.8, 4) is 5.75 Å². The number of halogens is 2. The lowest BCUT2D eigenvalue weighted by molar-refractivity contribution is 0.412. The van der Waals surface area contributed by atoms with Gasteiger partial charge in [0.1, 0.15) is 11.3 Å². The van der Waals surface area contributed by atoms with Gasteiger partial charge in [-0.1, -0.05) is 6.92 Å². The van der Waals surface area contributed by atoms with E-state index < -0.39 is 0 Å². The maximum Gasteiger partial charge on any atom is 0.149 e. The van der Waals surface area contributed by atoms with E-state index in [4.69, 9.17) is 9.15 Å². The molecule has 3 nitrogen and oxygen atoms in total. The summed E-state index contributed by atoms with van der Waals surface area (Å²) in [7, 11) is 1.67. The molecular formula is C14H17Br2NO2. The van der Waals surface area contributed by atoms with Gasteiger partial charge in [0.05, 0.1) is 22.3 Å². The molecule has 1 heterocycles. The van der Waals surface area contributed by atoms with Gasteiger partial charge in [0.25, 0.3) is 0 Å². The summed E-state index contributed by atoms with van der Waals surface area (Å²) in [5, 5.41) is 4.49. The molecule has 0 atom stereocenters. The normalized spacial score (nSPS) is 11.2. The Kier molecular flexibility index (Phi) is 5.30. The molecule has 0 unspecified atom stereocenters. The molecule has 0 bridgehead atoms. The van der Waals surface area contributed by atoms with Crippen molar-refractivity contribution in [2.24, 2.45) is 0 Å². The number of ether oxygens (including phenoxy) is 1. The Labute approximate surface area is 129 Å². The van der Waals surface area contributed by atoms with E-state index in [1.54, 1.807) is 7.11 Å². The first kappa shape index (κ1) is 14.9. The van der Waals surface area contributed by atoms with Gasteiger partial charge in [-0.2, -0.15) is 0 Å². The molecule has 0 amide bonds. The molecule has 1 N–H and O–H groups in total. The summed E-state index contributed by atoms with van der Waals surface area (Å²) in [4.78, 5) is 0. The van der Waals surface area contributed by atoms with E-state index in [0.29, 0.717) is 0 Å². The van der Waals surface area contributed by atoms with Crippen LogP contribution in [0.2, 0.25) is 0 Å². The zero-order chi connectivity index (χ0) is 13.8. The monoisotopic (exact) mass is 389 g/mol. The van der Waals surface area contributed by atoms with E-state index in [9.17, 15) is 0 Å². The molecule has 0 fully saturated rings. The van der Waals surface area contributed by atoms with E-state index in [-0.39, 0.29) is 0 Å². The minimum atomic E-state index is 0.809. The fourth-order valence-electron chi connectivity index (χ4n) is 2.03. The predicted octanol–water partition coefficient (Wildman–Crippen LogP) is 4.51. The fourth-order valence-corrected chi connectivity index (χ4v) is 3.25. The number of furan rings is 1. The lowest BCUT2D eigenvalue weighted by Gasteiger charge is -2.07. The highest BCUT2D eigenvalue weighted by molar-refractivity contribution is 9.11. The van der Waals surface area contributed by atoms with Crippen LogP contribution in [0.5, 0.6) is 5.75 Å². The SMILES string of the molecule is CCCNCCc1coc2c(Br)cc(OC)c(Br)c12. The van der Waals surface area contributed by atoms with Crippen molar-refractivity contribution in [2.45, 2.75) is 19.8 Å². The summed E-state index contributed by atoms with van der Waals surface area (Å²) in [5.41, 5.74) is 2.04. The van der Waals surface area contributed by atoms with Gasteiger partial charge in [-0.15, -0.1) is 0 Å². The first-order chi connectivity index (χ1) is 9.19. The van der Waals surface area contributed by atoms with E-state index in [0.717, 1.165) is 51.6 Å². The molecule has 0 aliphatic rings. The first-order valence-electron chi connectivity index (χ1n) is 6.31. The van der Waals surface area contributed by atoms with Crippen molar-refractivity contribution in [3.05, 3.63) is 26.8 Å². The topological polar surface area (TPSA) is 34.4 Å². The lowest BCUT2D eigenvalue weighted by Crippen LogP contribution is -2.17. The molecule has 0 saturated carbocycles. The molecule has 2 rings (SSSR count). The highest BCUT2D eigenvalue weighted by Crippen LogP contribution is 2.40. The predicted molar refractivity (Wildman–Crippen MR) is 85.0 cm³/mol. The third-order valence-electron chi connectivity index (χ3n) is 3.00. The maximum absolute atomic E-state index is 5.66. The fraction of sp³-hybridized carbons (Fsp3) is 0.429. The van der Waals surface area contributed by atoms with Crippen LogP contribution in [-0.2, 0) is 6.42 Å². The van der Waals surface area contributed by atoms with Gasteiger partial charge in [0.15, 0.2) is 0 Å². The Bertz CT molecular complexity index is 566. The van der Waals surface area contributed by atoms with Crippen molar-refractivity contribution in [3.63, 3.8) is 0 Å². The zero-order valence-electron chi connectivity index (χ0n) is 11.1. The third-order valence-corrected chi connectivity index (χ3v) is 4.37. The molecule has 19 heavy (non-hydrogen) atoms. The van der Waals surface area contributed by atoms with E-state index >= 15 is 0 Å². The Balaban J connectivity index is 2.32. The Morgan fingerprint density at radius 1 is 1.32 bits per heavy atom. The molecule has 1 aromatic carbocycles. The second-order valence-electron chi connectivity index (χ2n) is 4.34. The number of hydrogen-bond acceptors (Lipinski definition) is 3. The number of rotatable bonds is 6. The van der Waals surface area contributed by atoms with Crippen molar-refractivity contribution in [1.82, 2.24) is 5.32 Å². The van der Waals surface area contributed by atoms with Gasteiger partial charge >= 0.3 is 0 Å². The maximum atomic E-state index is 5.66. The molecular weight excluding hydrogens is 374 g/mol. The van der Waals surface area contributed by atoms with E-state index in [2.05, 4.69) is 44.1 Å². The van der Waals surface area contributed by atoms with Crippen LogP contribution < -0.4 is 10.1 Å². The summed E-state index contributed by atoms with van der Waals surface area (Å²) < 4.78 is 12.9. The van der Waals surface area contributed by atoms with Gasteiger partial charge in [-0.05, 0) is 63.9 Å². The Morgan fingerprint density at radius 2 is 2.11 bits per heavy atom. The van der Waals surface area contributed by atoms with Crippen LogP contribution >= 0.6 is 31.9 Å². The van der Waals surface area contributed by atoms with Crippen molar-refractivity contribution in [1.29, 1.82) is 0 Å². The molecule has 5 heteroatoms. The molecule has 1 aromatic heterocycles. The minimum absolute atomic E-state index is 0.809. The second-order valence-corrected chi connectivity index (χ2v) is 5.99. The Hall–Kier alpha value is -0.520. The highest BCUT2D eigenvalue weighted by Gasteiger charge is 2.16. The third kappa shape index (κ3) is 3.15. The molecule has 0 aliphatic heterocycles. The largest absolute Gasteiger partial charge is 0.496 e. The van der Waals surface area contributed by atoms with Crippen LogP contribution in [0.1, 0.15) is 18.9 Å². The average molecular weight is 391 g/mol.